The molecule has 3 aromatic rings. The number of carbonyl (C=O) groups is 1. The summed E-state index contributed by atoms with van der Waals surface area (Å²) in [4.78, 5) is 13.2. The molecule has 0 spiro atoms. The van der Waals surface area contributed by atoms with Crippen LogP contribution in [0.25, 0.3) is 0 Å². The van der Waals surface area contributed by atoms with Crippen LogP contribution in [0, 0.1) is 5.92 Å². The van der Waals surface area contributed by atoms with Crippen LogP contribution >= 0.6 is 11.8 Å². The minimum Gasteiger partial charge on any atom is -0.325 e. The molecule has 0 bridgehead atoms. The molecule has 1 N–H and O–H groups in total. The first kappa shape index (κ1) is 24.0. The third-order valence-corrected chi connectivity index (χ3v) is 7.58. The molecule has 0 saturated heterocycles. The second kappa shape index (κ2) is 10.8. The Labute approximate surface area is 194 Å². The zero-order valence-corrected chi connectivity index (χ0v) is 20.1. The van der Waals surface area contributed by atoms with Gasteiger partial charge < -0.3 is 5.32 Å². The molecule has 0 aliphatic heterocycles. The smallest absolute Gasteiger partial charge is 0.243 e. The highest BCUT2D eigenvalue weighted by atomic mass is 32.2. The summed E-state index contributed by atoms with van der Waals surface area (Å²) in [5.41, 5.74) is 2.32. The Morgan fingerprint density at radius 1 is 0.906 bits per heavy atom. The normalized spacial score (nSPS) is 11.7. The van der Waals surface area contributed by atoms with Crippen molar-refractivity contribution < 1.29 is 13.2 Å². The monoisotopic (exact) mass is 468 g/mol. The fourth-order valence-corrected chi connectivity index (χ4v) is 5.15. The van der Waals surface area contributed by atoms with Crippen LogP contribution in [0.3, 0.4) is 0 Å². The average Bonchev–Trinajstić information content (AvgIpc) is 2.80. The van der Waals surface area contributed by atoms with E-state index in [1.165, 1.54) is 16.1 Å². The maximum atomic E-state index is 13.7. The molecule has 0 aliphatic carbocycles. The average molecular weight is 469 g/mol. The topological polar surface area (TPSA) is 66.5 Å². The van der Waals surface area contributed by atoms with Crippen molar-refractivity contribution in [2.45, 2.75) is 36.7 Å². The van der Waals surface area contributed by atoms with Crippen molar-refractivity contribution in [1.29, 1.82) is 0 Å². The predicted octanol–water partition coefficient (Wildman–Crippen LogP) is 5.39. The number of thioether (sulfide) groups is 1. The first-order valence-corrected chi connectivity index (χ1v) is 13.0. The third kappa shape index (κ3) is 6.00. The Bertz CT molecular complexity index is 1110. The molecule has 168 valence electrons. The zero-order valence-electron chi connectivity index (χ0n) is 18.5. The summed E-state index contributed by atoms with van der Waals surface area (Å²) in [7, 11) is -3.83. The van der Waals surface area contributed by atoms with E-state index in [2.05, 4.69) is 5.32 Å². The fraction of sp³-hybridized carbons (Fsp3) is 0.240. The van der Waals surface area contributed by atoms with Gasteiger partial charge in [0.25, 0.3) is 0 Å². The number of nitrogens with zero attached hydrogens (tertiary/aromatic N) is 1. The van der Waals surface area contributed by atoms with E-state index >= 15 is 0 Å². The number of sulfonamides is 1. The third-order valence-electron chi connectivity index (χ3n) is 4.99. The van der Waals surface area contributed by atoms with Crippen LogP contribution in [0.5, 0.6) is 0 Å². The highest BCUT2D eigenvalue weighted by molar-refractivity contribution is 7.98. The highest BCUT2D eigenvalue weighted by Gasteiger charge is 2.26. The van der Waals surface area contributed by atoms with Crippen LogP contribution in [-0.2, 0) is 27.9 Å². The number of rotatable bonds is 9. The van der Waals surface area contributed by atoms with Crippen molar-refractivity contribution in [2.24, 2.45) is 5.92 Å². The van der Waals surface area contributed by atoms with Gasteiger partial charge in [-0.15, -0.1) is 11.8 Å². The van der Waals surface area contributed by atoms with Gasteiger partial charge in [0.15, 0.2) is 0 Å². The summed E-state index contributed by atoms with van der Waals surface area (Å²) < 4.78 is 28.9. The van der Waals surface area contributed by atoms with Crippen LogP contribution in [0.15, 0.2) is 88.7 Å². The quantitative estimate of drug-likeness (QED) is 0.427. The summed E-state index contributed by atoms with van der Waals surface area (Å²) >= 11 is 1.46. The van der Waals surface area contributed by atoms with E-state index in [9.17, 15) is 13.2 Å². The second-order valence-corrected chi connectivity index (χ2v) is 10.5. The summed E-state index contributed by atoms with van der Waals surface area (Å²) in [6.45, 7) is 4.10. The maximum absolute atomic E-state index is 13.7. The van der Waals surface area contributed by atoms with Crippen LogP contribution in [0.4, 0.5) is 5.69 Å². The fourth-order valence-electron chi connectivity index (χ4n) is 3.17. The molecule has 1 amide bonds. The molecule has 0 saturated carbocycles. The number of carbonyl (C=O) groups excluding carboxylic acids is 1. The SMILES string of the molecule is CSc1ccc(S(=O)(=O)N(Cc2ccccc2)Cc2ccccc2)cc1NC(=O)C(C)C. The lowest BCUT2D eigenvalue weighted by Crippen LogP contribution is -2.30. The first-order chi connectivity index (χ1) is 15.3. The molecule has 0 atom stereocenters. The van der Waals surface area contributed by atoms with Crippen LogP contribution in [0.2, 0.25) is 0 Å². The molecule has 3 rings (SSSR count). The number of anilines is 1. The molecule has 7 heteroatoms. The summed E-state index contributed by atoms with van der Waals surface area (Å²) in [6.07, 6.45) is 1.89. The number of benzene rings is 3. The summed E-state index contributed by atoms with van der Waals surface area (Å²) in [5.74, 6) is -0.363. The van der Waals surface area contributed by atoms with Crippen molar-refractivity contribution >= 4 is 33.4 Å². The van der Waals surface area contributed by atoms with Gasteiger partial charge in [0, 0.05) is 23.9 Å². The van der Waals surface area contributed by atoms with E-state index in [4.69, 9.17) is 0 Å². The number of amides is 1. The lowest BCUT2D eigenvalue weighted by Gasteiger charge is -2.23. The molecule has 0 aromatic heterocycles. The molecular formula is C25H28N2O3S2. The number of hydrogen-bond donors (Lipinski definition) is 1. The van der Waals surface area contributed by atoms with Gasteiger partial charge >= 0.3 is 0 Å². The molecule has 0 radical (unpaired) electrons. The zero-order chi connectivity index (χ0) is 23.1. The van der Waals surface area contributed by atoms with E-state index < -0.39 is 10.0 Å². The van der Waals surface area contributed by atoms with E-state index in [-0.39, 0.29) is 29.8 Å². The van der Waals surface area contributed by atoms with Gasteiger partial charge in [-0.25, -0.2) is 8.42 Å². The molecule has 0 unspecified atom stereocenters. The lowest BCUT2D eigenvalue weighted by atomic mass is 10.2. The number of nitrogens with one attached hydrogen (secondary N) is 1. The largest absolute Gasteiger partial charge is 0.325 e. The summed E-state index contributed by atoms with van der Waals surface area (Å²) in [6, 6.07) is 24.0. The molecule has 0 aliphatic rings. The van der Waals surface area contributed by atoms with Crippen LogP contribution < -0.4 is 5.32 Å². The minimum absolute atomic E-state index is 0.153. The van der Waals surface area contributed by atoms with Gasteiger partial charge in [-0.1, -0.05) is 74.5 Å². The Morgan fingerprint density at radius 3 is 1.91 bits per heavy atom. The molecule has 5 nitrogen and oxygen atoms in total. The molecule has 3 aromatic carbocycles. The Balaban J connectivity index is 2.00. The summed E-state index contributed by atoms with van der Waals surface area (Å²) in [5, 5.41) is 2.87. The van der Waals surface area contributed by atoms with Gasteiger partial charge in [-0.3, -0.25) is 4.79 Å². The Kier molecular flexibility index (Phi) is 8.12. The van der Waals surface area contributed by atoms with Gasteiger partial charge in [0.1, 0.15) is 0 Å². The maximum Gasteiger partial charge on any atom is 0.243 e. The second-order valence-electron chi connectivity index (χ2n) is 7.75. The van der Waals surface area contributed by atoms with E-state index in [1.807, 2.05) is 66.9 Å². The number of hydrogen-bond acceptors (Lipinski definition) is 4. The first-order valence-electron chi connectivity index (χ1n) is 10.4. The van der Waals surface area contributed by atoms with E-state index in [0.29, 0.717) is 5.69 Å². The van der Waals surface area contributed by atoms with Crippen molar-refractivity contribution in [3.63, 3.8) is 0 Å². The Hall–Kier alpha value is -2.61. The van der Waals surface area contributed by atoms with Gasteiger partial charge in [-0.2, -0.15) is 4.31 Å². The van der Waals surface area contributed by atoms with E-state index in [0.717, 1.165) is 16.0 Å². The van der Waals surface area contributed by atoms with Gasteiger partial charge in [0.2, 0.25) is 15.9 Å². The minimum atomic E-state index is -3.83. The van der Waals surface area contributed by atoms with Crippen LogP contribution in [-0.4, -0.2) is 24.9 Å². The van der Waals surface area contributed by atoms with Crippen LogP contribution in [0.1, 0.15) is 25.0 Å². The molecule has 0 fully saturated rings. The molecular weight excluding hydrogens is 440 g/mol. The van der Waals surface area contributed by atoms with Gasteiger partial charge in [-0.05, 0) is 35.6 Å². The van der Waals surface area contributed by atoms with Crippen molar-refractivity contribution in [3.8, 4) is 0 Å². The van der Waals surface area contributed by atoms with Crippen molar-refractivity contribution in [2.75, 3.05) is 11.6 Å². The lowest BCUT2D eigenvalue weighted by molar-refractivity contribution is -0.118. The molecule has 32 heavy (non-hydrogen) atoms. The van der Waals surface area contributed by atoms with Crippen molar-refractivity contribution in [1.82, 2.24) is 4.31 Å². The Morgan fingerprint density at radius 2 is 1.44 bits per heavy atom. The molecule has 0 heterocycles. The predicted molar refractivity (Wildman–Crippen MR) is 131 cm³/mol. The highest BCUT2D eigenvalue weighted by Crippen LogP contribution is 2.31. The van der Waals surface area contributed by atoms with Crippen molar-refractivity contribution in [3.05, 3.63) is 90.0 Å². The van der Waals surface area contributed by atoms with Gasteiger partial charge in [0.05, 0.1) is 10.6 Å². The van der Waals surface area contributed by atoms with E-state index in [1.54, 1.807) is 32.0 Å². The standard InChI is InChI=1S/C25H28N2O3S2/c1-19(2)25(28)26-23-16-22(14-15-24(23)31-3)32(29,30)27(17-20-10-6-4-7-11-20)18-21-12-8-5-9-13-21/h4-16,19H,17-18H2,1-3H3,(H,26,28).